The maximum absolute atomic E-state index is 12.1. The number of rotatable bonds is 7. The van der Waals surface area contributed by atoms with E-state index >= 15 is 0 Å². The van der Waals surface area contributed by atoms with Crippen LogP contribution < -0.4 is 5.32 Å². The number of fused-ring (bicyclic) bond motifs is 2. The predicted octanol–water partition coefficient (Wildman–Crippen LogP) is 1.29. The lowest BCUT2D eigenvalue weighted by molar-refractivity contribution is 0.280. The van der Waals surface area contributed by atoms with Gasteiger partial charge in [0.25, 0.3) is 0 Å². The van der Waals surface area contributed by atoms with Crippen LogP contribution in [0.25, 0.3) is 0 Å². The number of hydrogen-bond donors (Lipinski definition) is 1. The summed E-state index contributed by atoms with van der Waals surface area (Å²) in [7, 11) is -1.32. The van der Waals surface area contributed by atoms with Gasteiger partial charge < -0.3 is 5.32 Å². The van der Waals surface area contributed by atoms with Crippen LogP contribution in [-0.4, -0.2) is 45.2 Å². The lowest BCUT2D eigenvalue weighted by atomic mass is 9.89. The molecule has 0 heterocycles. The highest BCUT2D eigenvalue weighted by Crippen LogP contribution is 2.48. The summed E-state index contributed by atoms with van der Waals surface area (Å²) in [6, 6.07) is 0. The van der Waals surface area contributed by atoms with Gasteiger partial charge in [-0.25, -0.2) is 12.7 Å². The second-order valence-corrected chi connectivity index (χ2v) is 8.08. The standard InChI is InChI=1S/C13H26N2O2S/c1-3-14-6-7-18(16,17)15(2)10-13-9-11-4-5-12(13)8-11/h11-14H,3-10H2,1-2H3. The Labute approximate surface area is 111 Å². The smallest absolute Gasteiger partial charge is 0.215 e. The van der Waals surface area contributed by atoms with Crippen LogP contribution in [0.1, 0.15) is 32.6 Å². The van der Waals surface area contributed by atoms with E-state index in [2.05, 4.69) is 5.32 Å². The van der Waals surface area contributed by atoms with E-state index in [1.165, 1.54) is 25.7 Å². The lowest BCUT2D eigenvalue weighted by Crippen LogP contribution is -2.37. The fourth-order valence-corrected chi connectivity index (χ4v) is 4.71. The van der Waals surface area contributed by atoms with Crippen molar-refractivity contribution >= 4 is 10.0 Å². The minimum atomic E-state index is -3.07. The third kappa shape index (κ3) is 3.25. The van der Waals surface area contributed by atoms with Crippen LogP contribution in [0.3, 0.4) is 0 Å². The van der Waals surface area contributed by atoms with Gasteiger partial charge in [0.1, 0.15) is 0 Å². The normalized spacial score (nSPS) is 31.4. The van der Waals surface area contributed by atoms with Crippen LogP contribution in [0.2, 0.25) is 0 Å². The van der Waals surface area contributed by atoms with Gasteiger partial charge in [-0.05, 0) is 43.6 Å². The van der Waals surface area contributed by atoms with Crippen molar-refractivity contribution in [2.75, 3.05) is 32.4 Å². The Hall–Kier alpha value is -0.130. The molecule has 0 aromatic carbocycles. The third-order valence-electron chi connectivity index (χ3n) is 4.64. The van der Waals surface area contributed by atoms with Crippen molar-refractivity contribution in [3.63, 3.8) is 0 Å². The predicted molar refractivity (Wildman–Crippen MR) is 73.9 cm³/mol. The molecule has 3 atom stereocenters. The highest BCUT2D eigenvalue weighted by molar-refractivity contribution is 7.89. The first-order valence-electron chi connectivity index (χ1n) is 7.17. The van der Waals surface area contributed by atoms with E-state index in [0.29, 0.717) is 12.5 Å². The molecule has 18 heavy (non-hydrogen) atoms. The molecule has 0 spiro atoms. The molecule has 4 nitrogen and oxygen atoms in total. The molecule has 2 rings (SSSR count). The Morgan fingerprint density at radius 2 is 2.06 bits per heavy atom. The van der Waals surface area contributed by atoms with E-state index in [9.17, 15) is 8.42 Å². The molecule has 0 saturated heterocycles. The second kappa shape index (κ2) is 5.88. The second-order valence-electron chi connectivity index (χ2n) is 5.89. The summed E-state index contributed by atoms with van der Waals surface area (Å²) in [5.41, 5.74) is 0. The van der Waals surface area contributed by atoms with Gasteiger partial charge in [-0.1, -0.05) is 13.3 Å². The van der Waals surface area contributed by atoms with Gasteiger partial charge >= 0.3 is 0 Å². The topological polar surface area (TPSA) is 49.4 Å². The molecule has 2 saturated carbocycles. The van der Waals surface area contributed by atoms with Gasteiger partial charge in [0.15, 0.2) is 0 Å². The summed E-state index contributed by atoms with van der Waals surface area (Å²) in [4.78, 5) is 0. The van der Waals surface area contributed by atoms with Crippen LogP contribution in [0.4, 0.5) is 0 Å². The first-order valence-corrected chi connectivity index (χ1v) is 8.78. The van der Waals surface area contributed by atoms with Crippen LogP contribution in [-0.2, 0) is 10.0 Å². The quantitative estimate of drug-likeness (QED) is 0.712. The van der Waals surface area contributed by atoms with Gasteiger partial charge in [-0.3, -0.25) is 0 Å². The molecule has 0 amide bonds. The zero-order valence-electron chi connectivity index (χ0n) is 11.6. The molecular formula is C13H26N2O2S. The molecule has 0 aliphatic heterocycles. The van der Waals surface area contributed by atoms with Crippen molar-refractivity contribution in [3.05, 3.63) is 0 Å². The van der Waals surface area contributed by atoms with Crippen LogP contribution in [0, 0.1) is 17.8 Å². The molecule has 2 fully saturated rings. The van der Waals surface area contributed by atoms with Gasteiger partial charge in [-0.2, -0.15) is 0 Å². The minimum Gasteiger partial charge on any atom is -0.316 e. The number of sulfonamides is 1. The molecule has 0 aromatic heterocycles. The van der Waals surface area contributed by atoms with E-state index in [-0.39, 0.29) is 5.75 Å². The first kappa shape index (κ1) is 14.3. The summed E-state index contributed by atoms with van der Waals surface area (Å²) in [5, 5.41) is 3.07. The Bertz CT molecular complexity index is 369. The van der Waals surface area contributed by atoms with Crippen molar-refractivity contribution in [3.8, 4) is 0 Å². The molecule has 106 valence electrons. The zero-order chi connectivity index (χ0) is 13.2. The van der Waals surface area contributed by atoms with Crippen LogP contribution in [0.15, 0.2) is 0 Å². The van der Waals surface area contributed by atoms with Crippen molar-refractivity contribution < 1.29 is 8.42 Å². The monoisotopic (exact) mass is 274 g/mol. The zero-order valence-corrected chi connectivity index (χ0v) is 12.4. The molecule has 3 unspecified atom stereocenters. The number of nitrogens with zero attached hydrogens (tertiary/aromatic N) is 1. The van der Waals surface area contributed by atoms with Crippen LogP contribution >= 0.6 is 0 Å². The SMILES string of the molecule is CCNCCS(=O)(=O)N(C)CC1CC2CCC1C2. The lowest BCUT2D eigenvalue weighted by Gasteiger charge is -2.26. The maximum Gasteiger partial charge on any atom is 0.215 e. The summed E-state index contributed by atoms with van der Waals surface area (Å²) in [6.45, 7) is 4.10. The summed E-state index contributed by atoms with van der Waals surface area (Å²) in [6.07, 6.45) is 5.28. The van der Waals surface area contributed by atoms with Gasteiger partial charge in [0.05, 0.1) is 5.75 Å². The molecule has 1 N–H and O–H groups in total. The van der Waals surface area contributed by atoms with Gasteiger partial charge in [0.2, 0.25) is 10.0 Å². The van der Waals surface area contributed by atoms with E-state index in [1.807, 2.05) is 6.92 Å². The third-order valence-corrected chi connectivity index (χ3v) is 6.46. The molecule has 0 radical (unpaired) electrons. The van der Waals surface area contributed by atoms with E-state index in [1.54, 1.807) is 11.4 Å². The van der Waals surface area contributed by atoms with Crippen molar-refractivity contribution in [1.82, 2.24) is 9.62 Å². The number of hydrogen-bond acceptors (Lipinski definition) is 3. The van der Waals surface area contributed by atoms with Crippen molar-refractivity contribution in [2.24, 2.45) is 17.8 Å². The highest BCUT2D eigenvalue weighted by atomic mass is 32.2. The minimum absolute atomic E-state index is 0.220. The Balaban J connectivity index is 1.81. The average molecular weight is 274 g/mol. The van der Waals surface area contributed by atoms with E-state index in [4.69, 9.17) is 0 Å². The Kier molecular flexibility index (Phi) is 4.67. The van der Waals surface area contributed by atoms with Crippen LogP contribution in [0.5, 0.6) is 0 Å². The first-order chi connectivity index (χ1) is 8.53. The fraction of sp³-hybridized carbons (Fsp3) is 1.00. The van der Waals surface area contributed by atoms with Gasteiger partial charge in [0, 0.05) is 20.1 Å². The summed E-state index contributed by atoms with van der Waals surface area (Å²) >= 11 is 0. The number of nitrogens with one attached hydrogen (secondary N) is 1. The molecule has 5 heteroatoms. The molecular weight excluding hydrogens is 248 g/mol. The van der Waals surface area contributed by atoms with Gasteiger partial charge in [-0.15, -0.1) is 0 Å². The molecule has 2 bridgehead atoms. The summed E-state index contributed by atoms with van der Waals surface area (Å²) < 4.78 is 25.8. The van der Waals surface area contributed by atoms with Crippen molar-refractivity contribution in [1.29, 1.82) is 0 Å². The Morgan fingerprint density at radius 1 is 1.28 bits per heavy atom. The molecule has 2 aliphatic rings. The summed E-state index contributed by atoms with van der Waals surface area (Å²) in [5.74, 6) is 2.51. The molecule has 2 aliphatic carbocycles. The molecule has 0 aromatic rings. The maximum atomic E-state index is 12.1. The van der Waals surface area contributed by atoms with Crippen molar-refractivity contribution in [2.45, 2.75) is 32.6 Å². The van der Waals surface area contributed by atoms with E-state index < -0.39 is 10.0 Å². The fourth-order valence-electron chi connectivity index (χ4n) is 3.58. The highest BCUT2D eigenvalue weighted by Gasteiger charge is 2.40. The van der Waals surface area contributed by atoms with E-state index in [0.717, 1.165) is 24.9 Å². The average Bonchev–Trinajstić information content (AvgIpc) is 2.91. The Morgan fingerprint density at radius 3 is 2.61 bits per heavy atom. The largest absolute Gasteiger partial charge is 0.316 e.